The van der Waals surface area contributed by atoms with Crippen LogP contribution in [0, 0.1) is 0 Å². The van der Waals surface area contributed by atoms with Gasteiger partial charge in [-0.2, -0.15) is 11.8 Å². The summed E-state index contributed by atoms with van der Waals surface area (Å²) in [5, 5.41) is 0. The third kappa shape index (κ3) is 7.03. The van der Waals surface area contributed by atoms with Gasteiger partial charge in [0.1, 0.15) is 5.75 Å². The number of carbonyl (C=O) groups excluding carboxylic acids is 2. The Kier molecular flexibility index (Phi) is 9.47. The number of thioether (sulfide) groups is 1. The Morgan fingerprint density at radius 3 is 1.87 bits per heavy atom. The molecule has 0 aromatic heterocycles. The topological polar surface area (TPSA) is 56.3 Å². The molecule has 5 rings (SSSR count). The molecular weight excluding hydrogens is 496 g/mol. The van der Waals surface area contributed by atoms with Gasteiger partial charge in [-0.25, -0.2) is 0 Å². The molecular formula is C30H40N4O3S. The molecule has 8 heteroatoms. The molecule has 2 aromatic rings. The van der Waals surface area contributed by atoms with Crippen molar-refractivity contribution in [3.63, 3.8) is 0 Å². The van der Waals surface area contributed by atoms with Gasteiger partial charge in [-0.1, -0.05) is 6.42 Å². The van der Waals surface area contributed by atoms with Gasteiger partial charge in [0.2, 0.25) is 0 Å². The lowest BCUT2D eigenvalue weighted by Gasteiger charge is -2.36. The molecule has 2 amide bonds. The zero-order valence-electron chi connectivity index (χ0n) is 22.4. The quantitative estimate of drug-likeness (QED) is 0.474. The number of carbonyl (C=O) groups is 2. The highest BCUT2D eigenvalue weighted by molar-refractivity contribution is 7.99. The molecule has 3 heterocycles. The van der Waals surface area contributed by atoms with Crippen LogP contribution >= 0.6 is 11.8 Å². The molecule has 0 spiro atoms. The molecule has 0 unspecified atom stereocenters. The van der Waals surface area contributed by atoms with Crippen molar-refractivity contribution in [2.75, 3.05) is 81.9 Å². The summed E-state index contributed by atoms with van der Waals surface area (Å²) < 4.78 is 5.97. The zero-order chi connectivity index (χ0) is 26.2. The van der Waals surface area contributed by atoms with E-state index in [2.05, 4.69) is 34.1 Å². The number of nitrogens with zero attached hydrogens (tertiary/aromatic N) is 4. The van der Waals surface area contributed by atoms with Gasteiger partial charge in [0.25, 0.3) is 11.8 Å². The Labute approximate surface area is 231 Å². The number of piperidine rings is 1. The molecule has 3 aliphatic heterocycles. The summed E-state index contributed by atoms with van der Waals surface area (Å²) in [6, 6.07) is 15.5. The van der Waals surface area contributed by atoms with Crippen molar-refractivity contribution in [2.45, 2.75) is 25.7 Å². The van der Waals surface area contributed by atoms with Gasteiger partial charge in [-0.05, 0) is 80.9 Å². The van der Waals surface area contributed by atoms with Gasteiger partial charge in [-0.15, -0.1) is 0 Å². The number of benzene rings is 2. The van der Waals surface area contributed by atoms with E-state index in [-0.39, 0.29) is 11.8 Å². The number of rotatable bonds is 8. The summed E-state index contributed by atoms with van der Waals surface area (Å²) >= 11 is 1.89. The fraction of sp³-hybridized carbons (Fsp3) is 0.533. The number of anilines is 1. The van der Waals surface area contributed by atoms with Crippen molar-refractivity contribution in [1.82, 2.24) is 14.7 Å². The molecule has 0 N–H and O–H groups in total. The fourth-order valence-corrected chi connectivity index (χ4v) is 6.37. The van der Waals surface area contributed by atoms with Crippen molar-refractivity contribution >= 4 is 29.3 Å². The molecule has 38 heavy (non-hydrogen) atoms. The van der Waals surface area contributed by atoms with Gasteiger partial charge >= 0.3 is 0 Å². The van der Waals surface area contributed by atoms with Crippen LogP contribution in [0.2, 0.25) is 0 Å². The molecule has 0 atom stereocenters. The smallest absolute Gasteiger partial charge is 0.253 e. The summed E-state index contributed by atoms with van der Waals surface area (Å²) in [7, 11) is 0. The molecule has 3 aliphatic rings. The van der Waals surface area contributed by atoms with Crippen LogP contribution in [0.25, 0.3) is 0 Å². The lowest BCUT2D eigenvalue weighted by atomic mass is 10.1. The summed E-state index contributed by atoms with van der Waals surface area (Å²) in [4.78, 5) is 34.5. The van der Waals surface area contributed by atoms with Crippen molar-refractivity contribution in [3.8, 4) is 5.75 Å². The van der Waals surface area contributed by atoms with Crippen LogP contribution < -0.4 is 9.64 Å². The second-order valence-corrected chi connectivity index (χ2v) is 11.6. The number of ether oxygens (including phenoxy) is 1. The molecule has 3 fully saturated rings. The monoisotopic (exact) mass is 536 g/mol. The van der Waals surface area contributed by atoms with E-state index in [0.29, 0.717) is 24.2 Å². The number of amides is 2. The highest BCUT2D eigenvalue weighted by atomic mass is 32.2. The van der Waals surface area contributed by atoms with Crippen molar-refractivity contribution in [1.29, 1.82) is 0 Å². The van der Waals surface area contributed by atoms with Crippen LogP contribution in [0.5, 0.6) is 5.75 Å². The highest BCUT2D eigenvalue weighted by Gasteiger charge is 2.23. The van der Waals surface area contributed by atoms with E-state index in [1.165, 1.54) is 32.4 Å². The highest BCUT2D eigenvalue weighted by Crippen LogP contribution is 2.22. The van der Waals surface area contributed by atoms with E-state index in [1.54, 1.807) is 24.3 Å². The molecule has 2 aromatic carbocycles. The van der Waals surface area contributed by atoms with E-state index < -0.39 is 0 Å². The van der Waals surface area contributed by atoms with E-state index in [9.17, 15) is 9.59 Å². The maximum Gasteiger partial charge on any atom is 0.253 e. The van der Waals surface area contributed by atoms with E-state index in [4.69, 9.17) is 4.74 Å². The average molecular weight is 537 g/mol. The third-order valence-electron chi connectivity index (χ3n) is 7.78. The lowest BCUT2D eigenvalue weighted by Crippen LogP contribution is -2.48. The first-order chi connectivity index (χ1) is 18.7. The maximum absolute atomic E-state index is 13.1. The SMILES string of the molecule is O=C(c1ccc(C(=O)N2CCN(c3ccc(OCCCN4CCCCC4)cc3)CC2)cc1)N1CCSCC1. The molecule has 0 aliphatic carbocycles. The van der Waals surface area contributed by atoms with Gasteiger partial charge in [-0.3, -0.25) is 9.59 Å². The molecule has 0 saturated carbocycles. The summed E-state index contributed by atoms with van der Waals surface area (Å²) in [6.07, 6.45) is 5.10. The Balaban J connectivity index is 1.05. The lowest BCUT2D eigenvalue weighted by molar-refractivity contribution is 0.0742. The Hall–Kier alpha value is -2.71. The first kappa shape index (κ1) is 26.9. The predicted molar refractivity (Wildman–Crippen MR) is 155 cm³/mol. The standard InChI is InChI=1S/C30H40N4O3S/c35-29(25-5-7-26(8-6-25)30(36)34-20-23-38-24-21-34)33-18-16-32(17-19-33)27-9-11-28(12-10-27)37-22-4-15-31-13-2-1-3-14-31/h5-12H,1-4,13-24H2. The summed E-state index contributed by atoms with van der Waals surface area (Å²) in [6.45, 7) is 8.89. The average Bonchev–Trinajstić information content (AvgIpc) is 3.00. The second kappa shape index (κ2) is 13.4. The van der Waals surface area contributed by atoms with Crippen molar-refractivity contribution < 1.29 is 14.3 Å². The number of likely N-dealkylation sites (tertiary alicyclic amines) is 1. The third-order valence-corrected chi connectivity index (χ3v) is 8.72. The number of hydrogen-bond acceptors (Lipinski definition) is 6. The fourth-order valence-electron chi connectivity index (χ4n) is 5.47. The van der Waals surface area contributed by atoms with Gasteiger partial charge in [0.15, 0.2) is 0 Å². The minimum atomic E-state index is 0.0336. The van der Waals surface area contributed by atoms with Gasteiger partial charge < -0.3 is 24.3 Å². The van der Waals surface area contributed by atoms with E-state index in [0.717, 1.165) is 68.7 Å². The van der Waals surface area contributed by atoms with Crippen LogP contribution in [-0.2, 0) is 0 Å². The summed E-state index contributed by atoms with van der Waals surface area (Å²) in [5.74, 6) is 3.00. The molecule has 204 valence electrons. The Morgan fingerprint density at radius 1 is 0.684 bits per heavy atom. The maximum atomic E-state index is 13.1. The van der Waals surface area contributed by atoms with Crippen LogP contribution in [0.4, 0.5) is 5.69 Å². The largest absolute Gasteiger partial charge is 0.494 e. The summed E-state index contributed by atoms with van der Waals surface area (Å²) in [5.41, 5.74) is 2.47. The number of piperazine rings is 1. The van der Waals surface area contributed by atoms with Gasteiger partial charge in [0.05, 0.1) is 6.61 Å². The molecule has 7 nitrogen and oxygen atoms in total. The Morgan fingerprint density at radius 2 is 1.26 bits per heavy atom. The molecule has 3 saturated heterocycles. The van der Waals surface area contributed by atoms with Gasteiger partial charge in [0, 0.05) is 74.1 Å². The second-order valence-electron chi connectivity index (χ2n) is 10.4. The normalized spacial score (nSPS) is 18.9. The zero-order valence-corrected chi connectivity index (χ0v) is 23.2. The minimum absolute atomic E-state index is 0.0336. The molecule has 0 radical (unpaired) electrons. The van der Waals surface area contributed by atoms with Crippen LogP contribution in [0.3, 0.4) is 0 Å². The minimum Gasteiger partial charge on any atom is -0.494 e. The first-order valence-electron chi connectivity index (χ1n) is 14.1. The van der Waals surface area contributed by atoms with Crippen molar-refractivity contribution in [2.24, 2.45) is 0 Å². The number of hydrogen-bond donors (Lipinski definition) is 0. The molecule has 0 bridgehead atoms. The Bertz CT molecular complexity index is 1040. The van der Waals surface area contributed by atoms with E-state index >= 15 is 0 Å². The van der Waals surface area contributed by atoms with Crippen molar-refractivity contribution in [3.05, 3.63) is 59.7 Å². The van der Waals surface area contributed by atoms with E-state index in [1.807, 2.05) is 21.6 Å². The van der Waals surface area contributed by atoms with Crippen LogP contribution in [0.1, 0.15) is 46.4 Å². The van der Waals surface area contributed by atoms with Crippen LogP contribution in [-0.4, -0.2) is 104 Å². The first-order valence-corrected chi connectivity index (χ1v) is 15.3. The predicted octanol–water partition coefficient (Wildman–Crippen LogP) is 4.09. The van der Waals surface area contributed by atoms with Crippen LogP contribution in [0.15, 0.2) is 48.5 Å².